The van der Waals surface area contributed by atoms with E-state index in [1.54, 1.807) is 13.8 Å². The number of carboxylic acids is 1. The molecular formula is C11H18F3NO3. The molecule has 0 spiro atoms. The minimum absolute atomic E-state index is 0.402. The number of aliphatic carboxylic acids is 1. The third-order valence-corrected chi connectivity index (χ3v) is 2.62. The summed E-state index contributed by atoms with van der Waals surface area (Å²) in [4.78, 5) is 22.3. The van der Waals surface area contributed by atoms with Crippen LogP contribution in [-0.4, -0.2) is 29.2 Å². The Hall–Kier alpha value is -1.27. The van der Waals surface area contributed by atoms with Gasteiger partial charge in [0, 0.05) is 6.42 Å². The van der Waals surface area contributed by atoms with Gasteiger partial charge in [0.25, 0.3) is 0 Å². The third kappa shape index (κ3) is 4.54. The first-order valence-corrected chi connectivity index (χ1v) is 5.47. The smallest absolute Gasteiger partial charge is 0.394 e. The number of nitrogens with one attached hydrogen (secondary N) is 1. The van der Waals surface area contributed by atoms with Crippen molar-refractivity contribution < 1.29 is 27.9 Å². The predicted octanol–water partition coefficient (Wildman–Crippen LogP) is 2.19. The van der Waals surface area contributed by atoms with Gasteiger partial charge in [0.1, 0.15) is 6.04 Å². The summed E-state index contributed by atoms with van der Waals surface area (Å²) in [5.74, 6) is -2.58. The van der Waals surface area contributed by atoms with E-state index in [0.717, 1.165) is 13.8 Å². The molecule has 1 unspecified atom stereocenters. The van der Waals surface area contributed by atoms with E-state index in [1.165, 1.54) is 0 Å². The van der Waals surface area contributed by atoms with Gasteiger partial charge in [-0.15, -0.1) is 0 Å². The summed E-state index contributed by atoms with van der Waals surface area (Å²) >= 11 is 0. The van der Waals surface area contributed by atoms with Crippen molar-refractivity contribution in [3.63, 3.8) is 0 Å². The van der Waals surface area contributed by atoms with Crippen LogP contribution in [0.5, 0.6) is 0 Å². The first kappa shape index (κ1) is 16.7. The van der Waals surface area contributed by atoms with Crippen LogP contribution >= 0.6 is 0 Å². The first-order chi connectivity index (χ1) is 7.88. The second-order valence-corrected chi connectivity index (χ2v) is 5.19. The van der Waals surface area contributed by atoms with E-state index >= 15 is 0 Å². The van der Waals surface area contributed by atoms with Crippen LogP contribution in [0.2, 0.25) is 0 Å². The van der Waals surface area contributed by atoms with Crippen molar-refractivity contribution in [1.82, 2.24) is 5.32 Å². The van der Waals surface area contributed by atoms with Crippen molar-refractivity contribution >= 4 is 11.9 Å². The van der Waals surface area contributed by atoms with Crippen molar-refractivity contribution in [1.29, 1.82) is 0 Å². The molecular weight excluding hydrogens is 251 g/mol. The topological polar surface area (TPSA) is 66.4 Å². The van der Waals surface area contributed by atoms with Crippen LogP contribution in [-0.2, 0) is 9.59 Å². The Morgan fingerprint density at radius 2 is 1.67 bits per heavy atom. The van der Waals surface area contributed by atoms with E-state index in [9.17, 15) is 22.8 Å². The van der Waals surface area contributed by atoms with Crippen molar-refractivity contribution in [2.75, 3.05) is 0 Å². The Bertz CT molecular complexity index is 324. The predicted molar refractivity (Wildman–Crippen MR) is 58.9 cm³/mol. The Balaban J connectivity index is 4.66. The van der Waals surface area contributed by atoms with Crippen LogP contribution in [0.3, 0.4) is 0 Å². The summed E-state index contributed by atoms with van der Waals surface area (Å²) in [6, 6.07) is -1.18. The molecule has 0 rings (SSSR count). The highest BCUT2D eigenvalue weighted by molar-refractivity contribution is 5.84. The molecule has 7 heteroatoms. The molecule has 0 aromatic rings. The normalized spacial score (nSPS) is 14.4. The molecule has 0 heterocycles. The Labute approximate surface area is 104 Å². The van der Waals surface area contributed by atoms with Gasteiger partial charge >= 0.3 is 12.1 Å². The van der Waals surface area contributed by atoms with Gasteiger partial charge in [-0.05, 0) is 5.92 Å². The lowest BCUT2D eigenvalue weighted by Gasteiger charge is -2.28. The number of hydrogen-bond acceptors (Lipinski definition) is 2. The molecule has 0 aromatic heterocycles. The molecule has 0 bridgehead atoms. The summed E-state index contributed by atoms with van der Waals surface area (Å²) in [5.41, 5.74) is -2.18. The van der Waals surface area contributed by atoms with E-state index in [0.29, 0.717) is 0 Å². The Morgan fingerprint density at radius 1 is 1.22 bits per heavy atom. The summed E-state index contributed by atoms with van der Waals surface area (Å²) in [7, 11) is 0. The van der Waals surface area contributed by atoms with Gasteiger partial charge in [-0.2, -0.15) is 13.2 Å². The summed E-state index contributed by atoms with van der Waals surface area (Å²) in [6.07, 6.45) is -5.31. The second kappa shape index (κ2) is 5.58. The minimum Gasteiger partial charge on any atom is -0.480 e. The molecule has 1 atom stereocenters. The highest BCUT2D eigenvalue weighted by Crippen LogP contribution is 2.40. The molecule has 106 valence electrons. The zero-order valence-electron chi connectivity index (χ0n) is 10.8. The molecule has 0 aliphatic carbocycles. The fourth-order valence-corrected chi connectivity index (χ4v) is 1.24. The average molecular weight is 269 g/mol. The molecule has 2 N–H and O–H groups in total. The number of alkyl halides is 3. The zero-order valence-corrected chi connectivity index (χ0v) is 10.8. The number of carbonyl (C=O) groups excluding carboxylic acids is 1. The van der Waals surface area contributed by atoms with Gasteiger partial charge in [0.05, 0.1) is 5.41 Å². The second-order valence-electron chi connectivity index (χ2n) is 5.19. The number of carboxylic acid groups (broad SMARTS) is 1. The van der Waals surface area contributed by atoms with E-state index in [4.69, 9.17) is 5.11 Å². The van der Waals surface area contributed by atoms with Crippen LogP contribution in [0.15, 0.2) is 0 Å². The van der Waals surface area contributed by atoms with E-state index in [1.807, 2.05) is 0 Å². The monoisotopic (exact) mass is 269 g/mol. The zero-order chi connectivity index (χ0) is 14.7. The SMILES string of the molecule is CC(C)C(NC(=O)CC(C)(C)C(F)(F)F)C(=O)O. The Morgan fingerprint density at radius 3 is 1.94 bits per heavy atom. The highest BCUT2D eigenvalue weighted by Gasteiger charge is 2.48. The quantitative estimate of drug-likeness (QED) is 0.804. The fraction of sp³-hybridized carbons (Fsp3) is 0.818. The van der Waals surface area contributed by atoms with Crippen molar-refractivity contribution in [2.24, 2.45) is 11.3 Å². The van der Waals surface area contributed by atoms with E-state index in [2.05, 4.69) is 5.32 Å². The molecule has 1 amide bonds. The van der Waals surface area contributed by atoms with Crippen LogP contribution in [0, 0.1) is 11.3 Å². The van der Waals surface area contributed by atoms with Crippen LogP contribution in [0.1, 0.15) is 34.1 Å². The number of halogens is 3. The molecule has 0 saturated carbocycles. The third-order valence-electron chi connectivity index (χ3n) is 2.62. The molecule has 0 radical (unpaired) electrons. The molecule has 0 saturated heterocycles. The molecule has 4 nitrogen and oxygen atoms in total. The van der Waals surface area contributed by atoms with Crippen LogP contribution in [0.25, 0.3) is 0 Å². The van der Waals surface area contributed by atoms with Gasteiger partial charge in [-0.1, -0.05) is 27.7 Å². The van der Waals surface area contributed by atoms with Crippen molar-refractivity contribution in [3.8, 4) is 0 Å². The van der Waals surface area contributed by atoms with Crippen LogP contribution < -0.4 is 5.32 Å². The molecule has 0 aliphatic rings. The van der Waals surface area contributed by atoms with E-state index < -0.39 is 41.8 Å². The summed E-state index contributed by atoms with van der Waals surface area (Å²) in [6.45, 7) is 4.93. The van der Waals surface area contributed by atoms with Gasteiger partial charge in [0.15, 0.2) is 0 Å². The maximum absolute atomic E-state index is 12.6. The first-order valence-electron chi connectivity index (χ1n) is 5.47. The lowest BCUT2D eigenvalue weighted by atomic mass is 9.88. The standard InChI is InChI=1S/C11H18F3NO3/c1-6(2)8(9(17)18)15-7(16)5-10(3,4)11(12,13)14/h6,8H,5H2,1-4H3,(H,15,16)(H,17,18). The number of rotatable bonds is 5. The maximum Gasteiger partial charge on any atom is 0.394 e. The van der Waals surface area contributed by atoms with Gasteiger partial charge < -0.3 is 10.4 Å². The maximum atomic E-state index is 12.6. The minimum atomic E-state index is -4.51. The molecule has 0 fully saturated rings. The van der Waals surface area contributed by atoms with Gasteiger partial charge in [0.2, 0.25) is 5.91 Å². The van der Waals surface area contributed by atoms with Crippen molar-refractivity contribution in [3.05, 3.63) is 0 Å². The Kier molecular flexibility index (Phi) is 5.19. The van der Waals surface area contributed by atoms with Crippen molar-refractivity contribution in [2.45, 2.75) is 46.3 Å². The number of amides is 1. The van der Waals surface area contributed by atoms with Crippen LogP contribution in [0.4, 0.5) is 13.2 Å². The van der Waals surface area contributed by atoms with Gasteiger partial charge in [-0.25, -0.2) is 4.79 Å². The molecule has 18 heavy (non-hydrogen) atoms. The average Bonchev–Trinajstić information content (AvgIpc) is 2.10. The fourth-order valence-electron chi connectivity index (χ4n) is 1.24. The molecule has 0 aromatic carbocycles. The summed E-state index contributed by atoms with van der Waals surface area (Å²) in [5, 5.41) is 10.9. The highest BCUT2D eigenvalue weighted by atomic mass is 19.4. The molecule has 0 aliphatic heterocycles. The lowest BCUT2D eigenvalue weighted by molar-refractivity contribution is -0.213. The van der Waals surface area contributed by atoms with E-state index in [-0.39, 0.29) is 0 Å². The summed E-state index contributed by atoms with van der Waals surface area (Å²) < 4.78 is 37.7. The number of hydrogen-bond donors (Lipinski definition) is 2. The largest absolute Gasteiger partial charge is 0.480 e. The lowest BCUT2D eigenvalue weighted by Crippen LogP contribution is -2.47. The number of carbonyl (C=O) groups is 2. The van der Waals surface area contributed by atoms with Gasteiger partial charge in [-0.3, -0.25) is 4.79 Å².